The Kier molecular flexibility index (Phi) is 6.79. The van der Waals surface area contributed by atoms with Crippen LogP contribution in [0.15, 0.2) is 54.6 Å². The van der Waals surface area contributed by atoms with E-state index >= 15 is 0 Å². The first-order chi connectivity index (χ1) is 13.5. The lowest BCUT2D eigenvalue weighted by Gasteiger charge is -2.36. The molecule has 0 spiro atoms. The van der Waals surface area contributed by atoms with Gasteiger partial charge >= 0.3 is 11.9 Å². The van der Waals surface area contributed by atoms with Crippen molar-refractivity contribution in [3.8, 4) is 11.1 Å². The SMILES string of the molecule is COC(N)(C(=O)OC(C)(C)C)[C@H](C(=O)O)[C@@H](N)c1ccc(-c2ccccc2)cc1. The van der Waals surface area contributed by atoms with E-state index in [1.165, 1.54) is 0 Å². The molecule has 0 fully saturated rings. The summed E-state index contributed by atoms with van der Waals surface area (Å²) < 4.78 is 10.4. The third-order valence-corrected chi connectivity index (χ3v) is 4.55. The molecule has 7 nitrogen and oxygen atoms in total. The third-order valence-electron chi connectivity index (χ3n) is 4.55. The van der Waals surface area contributed by atoms with Crippen LogP contribution in [-0.4, -0.2) is 35.5 Å². The van der Waals surface area contributed by atoms with Gasteiger partial charge < -0.3 is 20.3 Å². The second-order valence-electron chi connectivity index (χ2n) is 7.83. The predicted octanol–water partition coefficient (Wildman–Crippen LogP) is 2.70. The number of ether oxygens (including phenoxy) is 2. The van der Waals surface area contributed by atoms with Crippen LogP contribution in [0.3, 0.4) is 0 Å². The Labute approximate surface area is 170 Å². The number of aliphatic carboxylic acids is 1. The highest BCUT2D eigenvalue weighted by atomic mass is 16.6. The Morgan fingerprint density at radius 2 is 1.48 bits per heavy atom. The van der Waals surface area contributed by atoms with Gasteiger partial charge in [-0.05, 0) is 37.5 Å². The van der Waals surface area contributed by atoms with Gasteiger partial charge in [0.1, 0.15) is 11.5 Å². The lowest BCUT2D eigenvalue weighted by Crippen LogP contribution is -2.62. The molecule has 0 aliphatic heterocycles. The number of hydrogen-bond acceptors (Lipinski definition) is 6. The van der Waals surface area contributed by atoms with Gasteiger partial charge in [-0.3, -0.25) is 10.5 Å². The minimum Gasteiger partial charge on any atom is -0.481 e. The molecule has 0 saturated carbocycles. The summed E-state index contributed by atoms with van der Waals surface area (Å²) in [6.45, 7) is 4.96. The second-order valence-corrected chi connectivity index (χ2v) is 7.83. The van der Waals surface area contributed by atoms with E-state index in [-0.39, 0.29) is 0 Å². The molecule has 1 unspecified atom stereocenters. The summed E-state index contributed by atoms with van der Waals surface area (Å²) in [5.41, 5.74) is 11.7. The Morgan fingerprint density at radius 3 is 1.93 bits per heavy atom. The van der Waals surface area contributed by atoms with Crippen molar-refractivity contribution in [2.75, 3.05) is 7.11 Å². The Balaban J connectivity index is 2.36. The van der Waals surface area contributed by atoms with Gasteiger partial charge in [0.25, 0.3) is 0 Å². The molecule has 2 rings (SSSR count). The number of rotatable bonds is 7. The van der Waals surface area contributed by atoms with Crippen molar-refractivity contribution in [3.05, 3.63) is 60.2 Å². The lowest BCUT2D eigenvalue weighted by atomic mass is 9.84. The average Bonchev–Trinajstić information content (AvgIpc) is 2.67. The van der Waals surface area contributed by atoms with Crippen LogP contribution in [0, 0.1) is 5.92 Å². The smallest absolute Gasteiger partial charge is 0.355 e. The van der Waals surface area contributed by atoms with Crippen LogP contribution in [0.25, 0.3) is 11.1 Å². The summed E-state index contributed by atoms with van der Waals surface area (Å²) >= 11 is 0. The van der Waals surface area contributed by atoms with Crippen molar-refractivity contribution in [2.45, 2.75) is 38.1 Å². The molecule has 2 aromatic rings. The molecule has 0 amide bonds. The fraction of sp³-hybridized carbons (Fsp3) is 0.364. The number of carboxylic acids is 1. The van der Waals surface area contributed by atoms with Gasteiger partial charge in [0.15, 0.2) is 0 Å². The van der Waals surface area contributed by atoms with E-state index in [9.17, 15) is 14.7 Å². The van der Waals surface area contributed by atoms with Gasteiger partial charge in [0.05, 0.1) is 0 Å². The van der Waals surface area contributed by atoms with E-state index in [2.05, 4.69) is 0 Å². The fourth-order valence-corrected chi connectivity index (χ4v) is 3.02. The first-order valence-electron chi connectivity index (χ1n) is 9.21. The Bertz CT molecular complexity index is 846. The van der Waals surface area contributed by atoms with Crippen molar-refractivity contribution in [1.29, 1.82) is 0 Å². The fourth-order valence-electron chi connectivity index (χ4n) is 3.02. The predicted molar refractivity (Wildman–Crippen MR) is 110 cm³/mol. The molecular formula is C22H28N2O5. The Morgan fingerprint density at radius 1 is 0.966 bits per heavy atom. The molecule has 156 valence electrons. The van der Waals surface area contributed by atoms with Crippen molar-refractivity contribution in [2.24, 2.45) is 17.4 Å². The molecule has 5 N–H and O–H groups in total. The van der Waals surface area contributed by atoms with E-state index in [4.69, 9.17) is 20.9 Å². The highest BCUT2D eigenvalue weighted by Crippen LogP contribution is 2.32. The number of carbonyl (C=O) groups is 2. The van der Waals surface area contributed by atoms with Crippen LogP contribution in [0.1, 0.15) is 32.4 Å². The maximum Gasteiger partial charge on any atom is 0.355 e. The third kappa shape index (κ3) is 5.20. The van der Waals surface area contributed by atoms with Gasteiger partial charge in [0, 0.05) is 13.2 Å². The summed E-state index contributed by atoms with van der Waals surface area (Å²) in [6.07, 6.45) is 0. The largest absolute Gasteiger partial charge is 0.481 e. The number of nitrogens with two attached hydrogens (primary N) is 2. The van der Waals surface area contributed by atoms with Crippen LogP contribution < -0.4 is 11.5 Å². The van der Waals surface area contributed by atoms with Crippen molar-refractivity contribution < 1.29 is 24.2 Å². The number of methoxy groups -OCH3 is 1. The Hall–Kier alpha value is -2.74. The molecule has 3 atom stereocenters. The number of benzene rings is 2. The minimum absolute atomic E-state index is 0.507. The molecule has 2 aromatic carbocycles. The number of esters is 1. The topological polar surface area (TPSA) is 125 Å². The van der Waals surface area contributed by atoms with Crippen molar-refractivity contribution in [3.63, 3.8) is 0 Å². The van der Waals surface area contributed by atoms with Gasteiger partial charge in [0.2, 0.25) is 5.72 Å². The first-order valence-corrected chi connectivity index (χ1v) is 9.21. The molecule has 0 radical (unpaired) electrons. The standard InChI is InChI=1S/C22H28N2O5/c1-21(2,3)29-20(27)22(24,28-4)17(19(25)26)18(23)16-12-10-15(11-13-16)14-8-6-5-7-9-14/h5-13,17-18H,23-24H2,1-4H3,(H,25,26)/t17-,18-,22?/m0/s1. The van der Waals surface area contributed by atoms with Crippen LogP contribution >= 0.6 is 0 Å². The van der Waals surface area contributed by atoms with Crippen molar-refractivity contribution >= 4 is 11.9 Å². The van der Waals surface area contributed by atoms with Gasteiger partial charge in [-0.2, -0.15) is 0 Å². The maximum atomic E-state index is 12.6. The summed E-state index contributed by atoms with van der Waals surface area (Å²) in [7, 11) is 1.16. The van der Waals surface area contributed by atoms with Crippen LogP contribution in [-0.2, 0) is 19.1 Å². The molecule has 0 heterocycles. The van der Waals surface area contributed by atoms with E-state index in [1.807, 2.05) is 42.5 Å². The lowest BCUT2D eigenvalue weighted by molar-refractivity contribution is -0.194. The molecule has 0 aliphatic carbocycles. The minimum atomic E-state index is -2.25. The van der Waals surface area contributed by atoms with E-state index in [1.54, 1.807) is 32.9 Å². The summed E-state index contributed by atoms with van der Waals surface area (Å²) in [5.74, 6) is -3.92. The van der Waals surface area contributed by atoms with Gasteiger partial charge in [-0.15, -0.1) is 0 Å². The van der Waals surface area contributed by atoms with Crippen LogP contribution in [0.2, 0.25) is 0 Å². The quantitative estimate of drug-likeness (QED) is 0.482. The normalized spacial score (nSPS) is 15.8. The van der Waals surface area contributed by atoms with E-state index in [0.29, 0.717) is 5.56 Å². The second kappa shape index (κ2) is 8.73. The maximum absolute atomic E-state index is 12.6. The van der Waals surface area contributed by atoms with Crippen molar-refractivity contribution in [1.82, 2.24) is 0 Å². The molecule has 7 heteroatoms. The zero-order chi connectivity index (χ0) is 21.8. The highest BCUT2D eigenvalue weighted by molar-refractivity contribution is 5.87. The van der Waals surface area contributed by atoms with E-state index < -0.39 is 35.2 Å². The zero-order valence-corrected chi connectivity index (χ0v) is 17.1. The zero-order valence-electron chi connectivity index (χ0n) is 17.1. The number of carboxylic acid groups (broad SMARTS) is 1. The molecule has 29 heavy (non-hydrogen) atoms. The first kappa shape index (κ1) is 22.5. The molecular weight excluding hydrogens is 372 g/mol. The summed E-state index contributed by atoms with van der Waals surface area (Å²) in [4.78, 5) is 24.7. The highest BCUT2D eigenvalue weighted by Gasteiger charge is 2.52. The number of carbonyl (C=O) groups excluding carboxylic acids is 1. The number of hydrogen-bond donors (Lipinski definition) is 3. The monoisotopic (exact) mass is 400 g/mol. The molecule has 0 aromatic heterocycles. The molecule has 0 bridgehead atoms. The average molecular weight is 400 g/mol. The van der Waals surface area contributed by atoms with Crippen LogP contribution in [0.5, 0.6) is 0 Å². The molecule has 0 aliphatic rings. The summed E-state index contributed by atoms with van der Waals surface area (Å²) in [6, 6.07) is 15.7. The molecule has 0 saturated heterocycles. The van der Waals surface area contributed by atoms with Gasteiger partial charge in [-0.25, -0.2) is 4.79 Å². The van der Waals surface area contributed by atoms with Crippen LogP contribution in [0.4, 0.5) is 0 Å². The van der Waals surface area contributed by atoms with E-state index in [0.717, 1.165) is 18.2 Å². The van der Waals surface area contributed by atoms with Gasteiger partial charge in [-0.1, -0.05) is 54.6 Å². The summed E-state index contributed by atoms with van der Waals surface area (Å²) in [5, 5.41) is 9.80.